The number of nitrogens with one attached hydrogen (secondary N) is 1. The van der Waals surface area contributed by atoms with Gasteiger partial charge in [0.05, 0.1) is 12.8 Å². The fraction of sp³-hybridized carbons (Fsp3) is 0.571. The largest absolute Gasteiger partial charge is 0.433 e. The van der Waals surface area contributed by atoms with Crippen molar-refractivity contribution in [1.29, 1.82) is 0 Å². The Kier molecular flexibility index (Phi) is 3.12. The van der Waals surface area contributed by atoms with E-state index < -0.39 is 17.8 Å². The summed E-state index contributed by atoms with van der Waals surface area (Å²) in [6.07, 6.45) is -3.29. The lowest BCUT2D eigenvalue weighted by molar-refractivity contribution is -0.142. The summed E-state index contributed by atoms with van der Waals surface area (Å²) in [6, 6.07) is 0. The highest BCUT2D eigenvalue weighted by Gasteiger charge is 2.36. The van der Waals surface area contributed by atoms with Crippen molar-refractivity contribution in [3.63, 3.8) is 0 Å². The number of rotatable bonds is 3. The van der Waals surface area contributed by atoms with Gasteiger partial charge in [0.1, 0.15) is 5.69 Å². The van der Waals surface area contributed by atoms with E-state index in [4.69, 9.17) is 5.90 Å². The van der Waals surface area contributed by atoms with E-state index in [1.165, 1.54) is 0 Å². The standard InChI is InChI=1S/C7H10F3N3O/c1-4(3-14-11)5-2-12-13-6(5)7(8,9)10/h2,4H,3,11H2,1H3,(H,12,13). The number of hydrogen-bond acceptors (Lipinski definition) is 3. The molecule has 1 aromatic heterocycles. The van der Waals surface area contributed by atoms with E-state index in [1.54, 1.807) is 6.92 Å². The molecule has 0 bridgehead atoms. The van der Waals surface area contributed by atoms with Crippen LogP contribution in [0.25, 0.3) is 0 Å². The van der Waals surface area contributed by atoms with E-state index in [1.807, 2.05) is 5.10 Å². The van der Waals surface area contributed by atoms with Crippen LogP contribution < -0.4 is 5.90 Å². The van der Waals surface area contributed by atoms with Gasteiger partial charge in [-0.1, -0.05) is 6.92 Å². The predicted molar refractivity (Wildman–Crippen MR) is 42.1 cm³/mol. The molecule has 0 aliphatic heterocycles. The fourth-order valence-corrected chi connectivity index (χ4v) is 1.13. The highest BCUT2D eigenvalue weighted by molar-refractivity contribution is 5.23. The first-order chi connectivity index (χ1) is 6.46. The van der Waals surface area contributed by atoms with Gasteiger partial charge in [0.15, 0.2) is 0 Å². The minimum absolute atomic E-state index is 0.0165. The molecular formula is C7H10F3N3O. The number of halogens is 3. The van der Waals surface area contributed by atoms with Crippen LogP contribution in [0.3, 0.4) is 0 Å². The van der Waals surface area contributed by atoms with Crippen LogP contribution in [0.5, 0.6) is 0 Å². The smallest absolute Gasteiger partial charge is 0.304 e. The molecule has 80 valence electrons. The number of alkyl halides is 3. The van der Waals surface area contributed by atoms with Crippen LogP contribution >= 0.6 is 0 Å². The normalized spacial score (nSPS) is 14.4. The molecule has 7 heteroatoms. The fourth-order valence-electron chi connectivity index (χ4n) is 1.13. The third-order valence-electron chi connectivity index (χ3n) is 1.83. The molecule has 1 atom stereocenters. The maximum absolute atomic E-state index is 12.3. The van der Waals surface area contributed by atoms with E-state index in [-0.39, 0.29) is 12.2 Å². The molecule has 14 heavy (non-hydrogen) atoms. The van der Waals surface area contributed by atoms with Gasteiger partial charge in [0, 0.05) is 11.5 Å². The highest BCUT2D eigenvalue weighted by Crippen LogP contribution is 2.33. The summed E-state index contributed by atoms with van der Waals surface area (Å²) < 4.78 is 37.0. The number of nitrogens with zero attached hydrogens (tertiary/aromatic N) is 1. The molecule has 0 aliphatic carbocycles. The number of nitrogens with two attached hydrogens (primary N) is 1. The van der Waals surface area contributed by atoms with Crippen LogP contribution in [0.15, 0.2) is 6.20 Å². The van der Waals surface area contributed by atoms with E-state index in [2.05, 4.69) is 9.94 Å². The van der Waals surface area contributed by atoms with Crippen LogP contribution in [-0.4, -0.2) is 16.8 Å². The maximum atomic E-state index is 12.3. The van der Waals surface area contributed by atoms with Gasteiger partial charge in [-0.15, -0.1) is 0 Å². The Hall–Kier alpha value is -1.08. The van der Waals surface area contributed by atoms with Crippen LogP contribution in [0.2, 0.25) is 0 Å². The lowest BCUT2D eigenvalue weighted by atomic mass is 10.0. The Balaban J connectivity index is 2.93. The minimum Gasteiger partial charge on any atom is -0.304 e. The quantitative estimate of drug-likeness (QED) is 0.740. The van der Waals surface area contributed by atoms with Gasteiger partial charge in [-0.25, -0.2) is 5.90 Å². The predicted octanol–water partition coefficient (Wildman–Crippen LogP) is 1.42. The van der Waals surface area contributed by atoms with Crippen molar-refractivity contribution >= 4 is 0 Å². The maximum Gasteiger partial charge on any atom is 0.433 e. The molecule has 3 N–H and O–H groups in total. The van der Waals surface area contributed by atoms with Gasteiger partial charge < -0.3 is 4.84 Å². The van der Waals surface area contributed by atoms with E-state index in [0.717, 1.165) is 6.20 Å². The molecule has 1 aromatic rings. The molecule has 1 unspecified atom stereocenters. The molecule has 1 rings (SSSR count). The van der Waals surface area contributed by atoms with Crippen molar-refractivity contribution in [2.75, 3.05) is 6.61 Å². The first kappa shape index (κ1) is 11.0. The SMILES string of the molecule is CC(CON)c1cn[nH]c1C(F)(F)F. The Labute approximate surface area is 78.2 Å². The molecule has 4 nitrogen and oxygen atoms in total. The molecule has 1 heterocycles. The molecule has 0 saturated carbocycles. The van der Waals surface area contributed by atoms with Crippen LogP contribution in [0.4, 0.5) is 13.2 Å². The molecule has 0 saturated heterocycles. The monoisotopic (exact) mass is 209 g/mol. The zero-order valence-corrected chi connectivity index (χ0v) is 7.43. The summed E-state index contributed by atoms with van der Waals surface area (Å²) >= 11 is 0. The lowest BCUT2D eigenvalue weighted by Gasteiger charge is -2.11. The van der Waals surface area contributed by atoms with Gasteiger partial charge in [-0.2, -0.15) is 18.3 Å². The Morgan fingerprint density at radius 2 is 2.29 bits per heavy atom. The molecule has 0 amide bonds. The second-order valence-corrected chi connectivity index (χ2v) is 2.93. The topological polar surface area (TPSA) is 63.9 Å². The first-order valence-corrected chi connectivity index (χ1v) is 3.89. The Bertz CT molecular complexity index is 297. The summed E-state index contributed by atoms with van der Waals surface area (Å²) in [5.74, 6) is 4.33. The minimum atomic E-state index is -4.42. The first-order valence-electron chi connectivity index (χ1n) is 3.89. The second kappa shape index (κ2) is 3.97. The zero-order chi connectivity index (χ0) is 10.8. The van der Waals surface area contributed by atoms with Crippen molar-refractivity contribution in [1.82, 2.24) is 10.2 Å². The molecule has 0 aromatic carbocycles. The second-order valence-electron chi connectivity index (χ2n) is 2.93. The number of H-pyrrole nitrogens is 1. The average molecular weight is 209 g/mol. The van der Waals surface area contributed by atoms with Crippen molar-refractivity contribution in [3.8, 4) is 0 Å². The molecular weight excluding hydrogens is 199 g/mol. The average Bonchev–Trinajstić information content (AvgIpc) is 2.50. The van der Waals surface area contributed by atoms with E-state index in [9.17, 15) is 13.2 Å². The molecule has 0 spiro atoms. The number of aromatic nitrogens is 2. The van der Waals surface area contributed by atoms with Crippen LogP contribution in [0, 0.1) is 0 Å². The Morgan fingerprint density at radius 1 is 1.64 bits per heavy atom. The zero-order valence-electron chi connectivity index (χ0n) is 7.43. The van der Waals surface area contributed by atoms with Gasteiger partial charge in [0.25, 0.3) is 0 Å². The summed E-state index contributed by atoms with van der Waals surface area (Å²) in [4.78, 5) is 4.29. The molecule has 0 radical (unpaired) electrons. The lowest BCUT2D eigenvalue weighted by Crippen LogP contribution is -2.14. The molecule has 0 fully saturated rings. The number of aromatic amines is 1. The van der Waals surface area contributed by atoms with Crippen molar-refractivity contribution in [2.24, 2.45) is 5.90 Å². The van der Waals surface area contributed by atoms with Crippen LogP contribution in [0.1, 0.15) is 24.1 Å². The van der Waals surface area contributed by atoms with Crippen molar-refractivity contribution in [2.45, 2.75) is 19.0 Å². The van der Waals surface area contributed by atoms with Crippen molar-refractivity contribution < 1.29 is 18.0 Å². The summed E-state index contributed by atoms with van der Waals surface area (Å²) in [5, 5.41) is 5.26. The van der Waals surface area contributed by atoms with E-state index >= 15 is 0 Å². The summed E-state index contributed by atoms with van der Waals surface area (Å²) in [5.41, 5.74) is -0.787. The van der Waals surface area contributed by atoms with E-state index in [0.29, 0.717) is 0 Å². The summed E-state index contributed by atoms with van der Waals surface area (Å²) in [7, 11) is 0. The van der Waals surface area contributed by atoms with Gasteiger partial charge in [-0.05, 0) is 0 Å². The Morgan fingerprint density at radius 3 is 2.79 bits per heavy atom. The third kappa shape index (κ3) is 2.24. The molecule has 0 aliphatic rings. The summed E-state index contributed by atoms with van der Waals surface area (Å²) in [6.45, 7) is 1.59. The van der Waals surface area contributed by atoms with Crippen LogP contribution in [-0.2, 0) is 11.0 Å². The van der Waals surface area contributed by atoms with Gasteiger partial charge >= 0.3 is 6.18 Å². The van der Waals surface area contributed by atoms with Crippen molar-refractivity contribution in [3.05, 3.63) is 17.5 Å². The van der Waals surface area contributed by atoms with Gasteiger partial charge in [0.2, 0.25) is 0 Å². The third-order valence-corrected chi connectivity index (χ3v) is 1.83. The number of hydrogen-bond donors (Lipinski definition) is 2. The highest BCUT2D eigenvalue weighted by atomic mass is 19.4. The van der Waals surface area contributed by atoms with Gasteiger partial charge in [-0.3, -0.25) is 5.10 Å².